The zero-order valence-electron chi connectivity index (χ0n) is 18.7. The molecule has 0 spiro atoms. The van der Waals surface area contributed by atoms with Gasteiger partial charge in [0.05, 0.1) is 11.9 Å². The highest BCUT2D eigenvalue weighted by Crippen LogP contribution is 2.32. The second kappa shape index (κ2) is 9.07. The van der Waals surface area contributed by atoms with E-state index in [1.807, 2.05) is 12.1 Å². The van der Waals surface area contributed by atoms with Crippen molar-refractivity contribution >= 4 is 34.6 Å². The lowest BCUT2D eigenvalue weighted by Crippen LogP contribution is -2.50. The van der Waals surface area contributed by atoms with Crippen LogP contribution in [0, 0.1) is 11.8 Å². The number of benzene rings is 2. The molecule has 174 valence electrons. The minimum atomic E-state index is -0.876. The first-order valence-electron chi connectivity index (χ1n) is 10.8. The number of ether oxygens (including phenoxy) is 1. The molecule has 10 heteroatoms. The molecule has 2 aromatic heterocycles. The number of amides is 3. The van der Waals surface area contributed by atoms with Crippen LogP contribution in [0.15, 0.2) is 67.0 Å². The Morgan fingerprint density at radius 2 is 2.06 bits per heavy atom. The predicted octanol–water partition coefficient (Wildman–Crippen LogP) is 2.26. The highest BCUT2D eigenvalue weighted by Gasteiger charge is 2.30. The largest absolute Gasteiger partial charge is 0.489 e. The minimum Gasteiger partial charge on any atom is -0.489 e. The van der Waals surface area contributed by atoms with Crippen LogP contribution in [0.4, 0.5) is 21.9 Å². The number of carbonyl (C=O) groups excluding carboxylic acids is 2. The molecule has 4 aromatic rings. The van der Waals surface area contributed by atoms with Crippen LogP contribution in [0.2, 0.25) is 0 Å². The summed E-state index contributed by atoms with van der Waals surface area (Å²) < 4.78 is 7.38. The summed E-state index contributed by atoms with van der Waals surface area (Å²) in [5, 5.41) is 9.66. The third-order valence-corrected chi connectivity index (χ3v) is 5.42. The number of rotatable bonds is 2. The van der Waals surface area contributed by atoms with Gasteiger partial charge in [-0.2, -0.15) is 5.10 Å². The molecule has 4 N–H and O–H groups in total. The summed E-state index contributed by atoms with van der Waals surface area (Å²) >= 11 is 0. The fourth-order valence-electron chi connectivity index (χ4n) is 3.67. The number of likely N-dealkylation sites (N-methyl/N-ethyl adjacent to an activating group) is 1. The maximum absolute atomic E-state index is 12.9. The molecule has 5 rings (SSSR count). The van der Waals surface area contributed by atoms with Crippen molar-refractivity contribution in [2.75, 3.05) is 29.6 Å². The lowest BCUT2D eigenvalue weighted by molar-refractivity contribution is -0.120. The second-order valence-corrected chi connectivity index (χ2v) is 7.85. The topological polar surface area (TPSA) is 127 Å². The Bertz CT molecular complexity index is 1500. The van der Waals surface area contributed by atoms with Crippen LogP contribution in [0.1, 0.15) is 11.3 Å². The highest BCUT2D eigenvalue weighted by atomic mass is 16.5. The van der Waals surface area contributed by atoms with Crippen LogP contribution in [0.25, 0.3) is 5.65 Å². The quantitative estimate of drug-likeness (QED) is 0.307. The average Bonchev–Trinajstić information content (AvgIpc) is 3.24. The van der Waals surface area contributed by atoms with Gasteiger partial charge in [-0.1, -0.05) is 12.0 Å². The fraction of sp³-hybridized carbons (Fsp3) is 0.120. The number of imidazole rings is 1. The molecule has 2 aromatic carbocycles. The van der Waals surface area contributed by atoms with Gasteiger partial charge in [-0.15, -0.1) is 0 Å². The minimum absolute atomic E-state index is 0.00757. The number of anilines is 3. The zero-order chi connectivity index (χ0) is 24.4. The molecule has 1 aliphatic rings. The molecule has 0 aliphatic carbocycles. The SMILES string of the molecule is CN1C(=O)[C@H](NC(=O)Nc2cccc(C#Cc3cnc4cccnn34)c2)COc2ccc(N)cc21. The molecule has 0 unspecified atom stereocenters. The van der Waals surface area contributed by atoms with E-state index < -0.39 is 12.1 Å². The number of hydrogen-bond donors (Lipinski definition) is 3. The van der Waals surface area contributed by atoms with Crippen LogP contribution in [-0.4, -0.2) is 46.2 Å². The van der Waals surface area contributed by atoms with Gasteiger partial charge in [0.1, 0.15) is 24.1 Å². The van der Waals surface area contributed by atoms with Crippen LogP contribution in [-0.2, 0) is 4.79 Å². The van der Waals surface area contributed by atoms with Gasteiger partial charge in [0.2, 0.25) is 0 Å². The second-order valence-electron chi connectivity index (χ2n) is 7.85. The Labute approximate surface area is 200 Å². The van der Waals surface area contributed by atoms with Crippen molar-refractivity contribution in [1.29, 1.82) is 0 Å². The van der Waals surface area contributed by atoms with Crippen LogP contribution < -0.4 is 26.0 Å². The number of fused-ring (bicyclic) bond motifs is 2. The number of nitrogen functional groups attached to an aromatic ring is 1. The van der Waals surface area contributed by atoms with Gasteiger partial charge in [-0.25, -0.2) is 14.3 Å². The third-order valence-electron chi connectivity index (χ3n) is 5.42. The Morgan fingerprint density at radius 3 is 2.94 bits per heavy atom. The van der Waals surface area contributed by atoms with E-state index in [1.54, 1.807) is 66.4 Å². The molecule has 0 radical (unpaired) electrons. The third kappa shape index (κ3) is 4.56. The Kier molecular flexibility index (Phi) is 5.65. The molecule has 1 aliphatic heterocycles. The van der Waals surface area contributed by atoms with Gasteiger partial charge in [0.25, 0.3) is 5.91 Å². The van der Waals surface area contributed by atoms with E-state index in [0.29, 0.717) is 39.7 Å². The number of aromatic nitrogens is 3. The molecule has 0 saturated carbocycles. The molecule has 3 amide bonds. The number of urea groups is 1. The summed E-state index contributed by atoms with van der Waals surface area (Å²) in [6.07, 6.45) is 3.32. The normalized spacial score (nSPS) is 14.8. The molecular formula is C25H21N7O3. The van der Waals surface area contributed by atoms with Crippen molar-refractivity contribution in [2.24, 2.45) is 0 Å². The summed E-state index contributed by atoms with van der Waals surface area (Å²) in [4.78, 5) is 31.2. The first-order valence-corrected chi connectivity index (χ1v) is 10.8. The number of nitrogens with one attached hydrogen (secondary N) is 2. The number of nitrogens with two attached hydrogens (primary N) is 1. The van der Waals surface area contributed by atoms with Crippen molar-refractivity contribution in [2.45, 2.75) is 6.04 Å². The molecule has 35 heavy (non-hydrogen) atoms. The van der Waals surface area contributed by atoms with Crippen LogP contribution >= 0.6 is 0 Å². The summed E-state index contributed by atoms with van der Waals surface area (Å²) in [6.45, 7) is -0.00757. The standard InChI is InChI=1S/C25H21N7O3/c1-31-21-13-17(26)8-10-22(21)35-15-20(24(31)33)30-25(34)29-18-5-2-4-16(12-18)7-9-19-14-27-23-6-3-11-28-32(19)23/h2-6,8,10-14,20H,15,26H2,1H3,(H2,29,30,34)/t20-/m1/s1. The van der Waals surface area contributed by atoms with Gasteiger partial charge in [0.15, 0.2) is 5.65 Å². The van der Waals surface area contributed by atoms with Gasteiger partial charge in [0, 0.05) is 30.2 Å². The molecule has 0 bridgehead atoms. The number of carbonyl (C=O) groups is 2. The Balaban J connectivity index is 1.26. The van der Waals surface area contributed by atoms with E-state index in [2.05, 4.69) is 32.6 Å². The Hall–Kier alpha value is -5.04. The fourth-order valence-corrected chi connectivity index (χ4v) is 3.67. The van der Waals surface area contributed by atoms with E-state index in [0.717, 1.165) is 0 Å². The monoisotopic (exact) mass is 467 g/mol. The van der Waals surface area contributed by atoms with Gasteiger partial charge in [-0.05, 0) is 54.5 Å². The van der Waals surface area contributed by atoms with Gasteiger partial charge >= 0.3 is 6.03 Å². The zero-order valence-corrected chi connectivity index (χ0v) is 18.7. The molecule has 0 fully saturated rings. The van der Waals surface area contributed by atoms with Crippen LogP contribution in [0.3, 0.4) is 0 Å². The average molecular weight is 467 g/mol. The number of nitrogens with zero attached hydrogens (tertiary/aromatic N) is 4. The van der Waals surface area contributed by atoms with Crippen molar-refractivity contribution in [1.82, 2.24) is 19.9 Å². The van der Waals surface area contributed by atoms with Crippen LogP contribution in [0.5, 0.6) is 5.75 Å². The lowest BCUT2D eigenvalue weighted by Gasteiger charge is -2.20. The van der Waals surface area contributed by atoms with E-state index in [-0.39, 0.29) is 12.5 Å². The summed E-state index contributed by atoms with van der Waals surface area (Å²) in [5.41, 5.74) is 9.47. The summed E-state index contributed by atoms with van der Waals surface area (Å²) in [7, 11) is 1.61. The first kappa shape index (κ1) is 21.8. The number of hydrogen-bond acceptors (Lipinski definition) is 6. The van der Waals surface area contributed by atoms with E-state index in [1.165, 1.54) is 4.90 Å². The molecular weight excluding hydrogens is 446 g/mol. The maximum atomic E-state index is 12.9. The smallest absolute Gasteiger partial charge is 0.320 e. The summed E-state index contributed by atoms with van der Waals surface area (Å²) in [5.74, 6) is 6.31. The Morgan fingerprint density at radius 1 is 1.17 bits per heavy atom. The van der Waals surface area contributed by atoms with Crippen molar-refractivity contribution in [3.05, 3.63) is 78.2 Å². The summed E-state index contributed by atoms with van der Waals surface area (Å²) in [6, 6.07) is 14.4. The van der Waals surface area contributed by atoms with Gasteiger partial charge in [-0.3, -0.25) is 4.79 Å². The molecule has 10 nitrogen and oxygen atoms in total. The van der Waals surface area contributed by atoms with Crippen molar-refractivity contribution in [3.63, 3.8) is 0 Å². The predicted molar refractivity (Wildman–Crippen MR) is 131 cm³/mol. The lowest BCUT2D eigenvalue weighted by atomic mass is 10.2. The van der Waals surface area contributed by atoms with E-state index in [9.17, 15) is 9.59 Å². The molecule has 0 saturated heterocycles. The van der Waals surface area contributed by atoms with Crippen molar-refractivity contribution < 1.29 is 14.3 Å². The first-order chi connectivity index (χ1) is 17.0. The maximum Gasteiger partial charge on any atom is 0.320 e. The van der Waals surface area contributed by atoms with E-state index >= 15 is 0 Å². The van der Waals surface area contributed by atoms with E-state index in [4.69, 9.17) is 10.5 Å². The highest BCUT2D eigenvalue weighted by molar-refractivity contribution is 6.02. The van der Waals surface area contributed by atoms with Crippen molar-refractivity contribution in [3.8, 4) is 17.6 Å². The van der Waals surface area contributed by atoms with Gasteiger partial charge < -0.3 is 26.0 Å². The molecule has 1 atom stereocenters. The molecule has 3 heterocycles.